The molecule has 0 fully saturated rings. The van der Waals surface area contributed by atoms with Gasteiger partial charge in [0, 0.05) is 18.2 Å². The Morgan fingerprint density at radius 3 is 2.50 bits per heavy atom. The third-order valence-corrected chi connectivity index (χ3v) is 2.78. The molecule has 7 heteroatoms. The van der Waals surface area contributed by atoms with E-state index in [1.165, 1.54) is 18.2 Å². The molecule has 0 saturated heterocycles. The van der Waals surface area contributed by atoms with Crippen LogP contribution in [0.4, 0.5) is 5.69 Å². The molecule has 5 nitrogen and oxygen atoms in total. The van der Waals surface area contributed by atoms with Gasteiger partial charge in [0.15, 0.2) is 0 Å². The smallest absolute Gasteiger partial charge is 0.287 e. The van der Waals surface area contributed by atoms with Gasteiger partial charge in [0.25, 0.3) is 5.69 Å². The summed E-state index contributed by atoms with van der Waals surface area (Å²) in [6, 6.07) is 7.45. The van der Waals surface area contributed by atoms with E-state index in [-0.39, 0.29) is 11.6 Å². The van der Waals surface area contributed by atoms with Gasteiger partial charge in [0.1, 0.15) is 11.9 Å². The van der Waals surface area contributed by atoms with Crippen molar-refractivity contribution >= 4 is 28.9 Å². The van der Waals surface area contributed by atoms with E-state index in [1.807, 2.05) is 0 Å². The fraction of sp³-hybridized carbons (Fsp3) is 0. The number of pyridine rings is 1. The lowest BCUT2D eigenvalue weighted by atomic mass is 10.3. The number of hydrogen-bond acceptors (Lipinski definition) is 4. The van der Waals surface area contributed by atoms with Crippen LogP contribution in [-0.4, -0.2) is 9.91 Å². The highest BCUT2D eigenvalue weighted by Crippen LogP contribution is 2.29. The predicted molar refractivity (Wildman–Crippen MR) is 67.4 cm³/mol. The van der Waals surface area contributed by atoms with Gasteiger partial charge < -0.3 is 4.74 Å². The Labute approximate surface area is 112 Å². The van der Waals surface area contributed by atoms with Crippen molar-refractivity contribution in [1.82, 2.24) is 4.98 Å². The molecule has 0 spiro atoms. The van der Waals surface area contributed by atoms with Crippen molar-refractivity contribution in [3.8, 4) is 11.6 Å². The standard InChI is InChI=1S/C11H6Cl2N2O3/c12-9-3-2-8(5-10(9)13)18-11-4-1-7(6-14-11)15(16)17/h1-6H. The van der Waals surface area contributed by atoms with E-state index >= 15 is 0 Å². The second-order valence-electron chi connectivity index (χ2n) is 3.29. The average Bonchev–Trinajstić information content (AvgIpc) is 2.34. The maximum atomic E-state index is 10.4. The van der Waals surface area contributed by atoms with Gasteiger partial charge in [0.05, 0.1) is 15.0 Å². The largest absolute Gasteiger partial charge is 0.439 e. The molecular weight excluding hydrogens is 279 g/mol. The Balaban J connectivity index is 2.18. The lowest BCUT2D eigenvalue weighted by Crippen LogP contribution is -1.91. The molecule has 18 heavy (non-hydrogen) atoms. The molecule has 1 aromatic heterocycles. The number of ether oxygens (including phenoxy) is 1. The summed E-state index contributed by atoms with van der Waals surface area (Å²) in [5.74, 6) is 0.685. The first-order chi connectivity index (χ1) is 8.56. The van der Waals surface area contributed by atoms with Crippen molar-refractivity contribution in [2.75, 3.05) is 0 Å². The van der Waals surface area contributed by atoms with Gasteiger partial charge >= 0.3 is 0 Å². The SMILES string of the molecule is O=[N+]([O-])c1ccc(Oc2ccc(Cl)c(Cl)c2)nc1. The molecule has 0 bridgehead atoms. The number of nitro groups is 1. The van der Waals surface area contributed by atoms with E-state index in [0.29, 0.717) is 15.8 Å². The van der Waals surface area contributed by atoms with Crippen LogP contribution in [0.1, 0.15) is 0 Å². The summed E-state index contributed by atoms with van der Waals surface area (Å²) in [6.07, 6.45) is 1.12. The number of rotatable bonds is 3. The fourth-order valence-corrected chi connectivity index (χ4v) is 1.49. The van der Waals surface area contributed by atoms with Crippen LogP contribution in [0.3, 0.4) is 0 Å². The maximum Gasteiger partial charge on any atom is 0.287 e. The van der Waals surface area contributed by atoms with Crippen molar-refractivity contribution in [3.05, 3.63) is 56.7 Å². The maximum absolute atomic E-state index is 10.4. The quantitative estimate of drug-likeness (QED) is 0.629. The summed E-state index contributed by atoms with van der Waals surface area (Å²) >= 11 is 11.6. The van der Waals surface area contributed by atoms with Crippen LogP contribution in [0.5, 0.6) is 11.6 Å². The van der Waals surface area contributed by atoms with E-state index in [0.717, 1.165) is 6.20 Å². The molecule has 1 heterocycles. The highest BCUT2D eigenvalue weighted by Gasteiger charge is 2.07. The molecule has 0 aliphatic carbocycles. The predicted octanol–water partition coefficient (Wildman–Crippen LogP) is 4.09. The minimum absolute atomic E-state index is 0.100. The molecule has 0 aliphatic rings. The van der Waals surface area contributed by atoms with Crippen molar-refractivity contribution in [1.29, 1.82) is 0 Å². The lowest BCUT2D eigenvalue weighted by molar-refractivity contribution is -0.385. The van der Waals surface area contributed by atoms with Gasteiger partial charge in [-0.05, 0) is 12.1 Å². The molecule has 2 aromatic rings. The van der Waals surface area contributed by atoms with E-state index in [1.54, 1.807) is 12.1 Å². The Hall–Kier alpha value is -1.85. The van der Waals surface area contributed by atoms with Crippen LogP contribution in [-0.2, 0) is 0 Å². The van der Waals surface area contributed by atoms with Crippen molar-refractivity contribution in [2.24, 2.45) is 0 Å². The minimum Gasteiger partial charge on any atom is -0.439 e. The summed E-state index contributed by atoms with van der Waals surface area (Å²) in [4.78, 5) is 13.7. The first-order valence-electron chi connectivity index (χ1n) is 4.79. The van der Waals surface area contributed by atoms with E-state index in [2.05, 4.69) is 4.98 Å². The Morgan fingerprint density at radius 2 is 1.94 bits per heavy atom. The van der Waals surface area contributed by atoms with Crippen LogP contribution in [0.15, 0.2) is 36.5 Å². The zero-order valence-electron chi connectivity index (χ0n) is 8.84. The summed E-state index contributed by atoms with van der Waals surface area (Å²) < 4.78 is 5.37. The highest BCUT2D eigenvalue weighted by molar-refractivity contribution is 6.42. The van der Waals surface area contributed by atoms with Gasteiger partial charge in [-0.3, -0.25) is 10.1 Å². The molecule has 2 rings (SSSR count). The number of benzene rings is 1. The third-order valence-electron chi connectivity index (χ3n) is 2.05. The Morgan fingerprint density at radius 1 is 1.17 bits per heavy atom. The molecule has 92 valence electrons. The van der Waals surface area contributed by atoms with E-state index in [4.69, 9.17) is 27.9 Å². The number of aromatic nitrogens is 1. The molecule has 1 aromatic carbocycles. The van der Waals surface area contributed by atoms with Crippen molar-refractivity contribution in [3.63, 3.8) is 0 Å². The van der Waals surface area contributed by atoms with E-state index < -0.39 is 4.92 Å². The highest BCUT2D eigenvalue weighted by atomic mass is 35.5. The van der Waals surface area contributed by atoms with Crippen LogP contribution in [0.25, 0.3) is 0 Å². The van der Waals surface area contributed by atoms with Crippen molar-refractivity contribution < 1.29 is 9.66 Å². The molecule has 0 saturated carbocycles. The summed E-state index contributed by atoms with van der Waals surface area (Å²) in [7, 11) is 0. The van der Waals surface area contributed by atoms with Crippen LogP contribution in [0, 0.1) is 10.1 Å². The average molecular weight is 285 g/mol. The van der Waals surface area contributed by atoms with Crippen LogP contribution < -0.4 is 4.74 Å². The number of nitrogens with zero attached hydrogens (tertiary/aromatic N) is 2. The summed E-state index contributed by atoms with van der Waals surface area (Å²) in [5.41, 5.74) is -0.100. The summed E-state index contributed by atoms with van der Waals surface area (Å²) in [6.45, 7) is 0. The molecule has 0 N–H and O–H groups in total. The fourth-order valence-electron chi connectivity index (χ4n) is 1.20. The Bertz CT molecular complexity index is 587. The van der Waals surface area contributed by atoms with Gasteiger partial charge in [-0.1, -0.05) is 23.2 Å². The first-order valence-corrected chi connectivity index (χ1v) is 5.55. The number of halogens is 2. The molecule has 0 amide bonds. The third kappa shape index (κ3) is 2.88. The normalized spacial score (nSPS) is 10.1. The minimum atomic E-state index is -0.532. The molecule has 0 atom stereocenters. The van der Waals surface area contributed by atoms with E-state index in [9.17, 15) is 10.1 Å². The molecule has 0 aliphatic heterocycles. The molecule has 0 radical (unpaired) electrons. The number of hydrogen-bond donors (Lipinski definition) is 0. The zero-order chi connectivity index (χ0) is 13.1. The monoisotopic (exact) mass is 284 g/mol. The van der Waals surface area contributed by atoms with Crippen LogP contribution in [0.2, 0.25) is 10.0 Å². The topological polar surface area (TPSA) is 65.3 Å². The Kier molecular flexibility index (Phi) is 3.64. The van der Waals surface area contributed by atoms with Gasteiger partial charge in [0.2, 0.25) is 5.88 Å². The van der Waals surface area contributed by atoms with Crippen LogP contribution >= 0.6 is 23.2 Å². The molecular formula is C11H6Cl2N2O3. The van der Waals surface area contributed by atoms with Crippen molar-refractivity contribution in [2.45, 2.75) is 0 Å². The second kappa shape index (κ2) is 5.20. The summed E-state index contributed by atoms with van der Waals surface area (Å²) in [5, 5.41) is 11.2. The first kappa shape index (κ1) is 12.6. The second-order valence-corrected chi connectivity index (χ2v) is 4.10. The molecule has 0 unspecified atom stereocenters. The van der Waals surface area contributed by atoms with Gasteiger partial charge in [-0.2, -0.15) is 0 Å². The van der Waals surface area contributed by atoms with Gasteiger partial charge in [-0.15, -0.1) is 0 Å². The zero-order valence-corrected chi connectivity index (χ0v) is 10.4. The lowest BCUT2D eigenvalue weighted by Gasteiger charge is -2.05. The van der Waals surface area contributed by atoms with Gasteiger partial charge in [-0.25, -0.2) is 4.98 Å².